The maximum absolute atomic E-state index is 12.3. The van der Waals surface area contributed by atoms with E-state index in [0.29, 0.717) is 34.9 Å². The van der Waals surface area contributed by atoms with E-state index in [0.717, 1.165) is 14.5 Å². The second-order valence-electron chi connectivity index (χ2n) is 7.97. The number of carbonyl (C=O) groups excluding carboxylic acids is 1. The molecule has 1 amide bonds. The molecule has 0 fully saturated rings. The zero-order valence-electron chi connectivity index (χ0n) is 20.4. The third kappa shape index (κ3) is 6.97. The Hall–Kier alpha value is -4.19. The van der Waals surface area contributed by atoms with Crippen molar-refractivity contribution in [2.24, 2.45) is 5.10 Å². The fraction of sp³-hybridized carbons (Fsp3) is 0.143. The summed E-state index contributed by atoms with van der Waals surface area (Å²) >= 11 is 2.13. The Morgan fingerprint density at radius 2 is 1.84 bits per heavy atom. The van der Waals surface area contributed by atoms with Crippen molar-refractivity contribution in [3.63, 3.8) is 0 Å². The summed E-state index contributed by atoms with van der Waals surface area (Å²) in [5, 5.41) is 14.2. The summed E-state index contributed by atoms with van der Waals surface area (Å²) in [5.41, 5.74) is 4.75. The standard InChI is InChI=1S/C28H24IN3O6/c1-2-36-24-14-19(13-22(29)27(24)38-16-18-6-3-8-21(12-18)28(34)35)15-31-32-25(33)17-37-23-10-4-7-20-9-5-11-30-26(20)23/h3-15H,2,16-17H2,1H3,(H,32,33)(H,34,35)/b31-15+. The van der Waals surface area contributed by atoms with Crippen molar-refractivity contribution < 1.29 is 28.9 Å². The van der Waals surface area contributed by atoms with Gasteiger partial charge in [0.25, 0.3) is 5.91 Å². The highest BCUT2D eigenvalue weighted by molar-refractivity contribution is 14.1. The molecule has 4 aromatic rings. The number of ether oxygens (including phenoxy) is 3. The van der Waals surface area contributed by atoms with Crippen molar-refractivity contribution in [3.8, 4) is 17.2 Å². The lowest BCUT2D eigenvalue weighted by molar-refractivity contribution is -0.123. The van der Waals surface area contributed by atoms with E-state index in [4.69, 9.17) is 14.2 Å². The Balaban J connectivity index is 1.38. The molecule has 0 radical (unpaired) electrons. The highest BCUT2D eigenvalue weighted by Gasteiger charge is 2.13. The molecule has 3 aromatic carbocycles. The number of nitrogens with zero attached hydrogens (tertiary/aromatic N) is 2. The molecule has 10 heteroatoms. The van der Waals surface area contributed by atoms with Gasteiger partial charge in [-0.25, -0.2) is 10.2 Å². The number of para-hydroxylation sites is 1. The molecule has 0 bridgehead atoms. The number of nitrogens with one attached hydrogen (secondary N) is 1. The van der Waals surface area contributed by atoms with Crippen LogP contribution in [-0.4, -0.2) is 41.4 Å². The average Bonchev–Trinajstić information content (AvgIpc) is 2.91. The molecule has 9 nitrogen and oxygen atoms in total. The molecule has 0 aliphatic carbocycles. The SMILES string of the molecule is CCOc1cc(/C=N/NC(=O)COc2cccc3cccnc23)cc(I)c1OCc1cccc(C(=O)O)c1. The molecule has 1 aromatic heterocycles. The molecule has 1 heterocycles. The van der Waals surface area contributed by atoms with Crippen LogP contribution in [0.15, 0.2) is 78.0 Å². The monoisotopic (exact) mass is 625 g/mol. The Bertz CT molecular complexity index is 1490. The predicted molar refractivity (Wildman–Crippen MR) is 151 cm³/mol. The number of rotatable bonds is 11. The van der Waals surface area contributed by atoms with E-state index < -0.39 is 11.9 Å². The number of benzene rings is 3. The topological polar surface area (TPSA) is 119 Å². The predicted octanol–water partition coefficient (Wildman–Crippen LogP) is 5.04. The Morgan fingerprint density at radius 3 is 2.66 bits per heavy atom. The lowest BCUT2D eigenvalue weighted by Crippen LogP contribution is -2.24. The van der Waals surface area contributed by atoms with Gasteiger partial charge in [-0.15, -0.1) is 0 Å². The number of carboxylic acid groups (broad SMARTS) is 1. The first-order valence-electron chi connectivity index (χ1n) is 11.6. The molecule has 0 aliphatic heterocycles. The molecular formula is C28H24IN3O6. The number of aromatic carboxylic acids is 1. The lowest BCUT2D eigenvalue weighted by Gasteiger charge is -2.15. The number of hydrazone groups is 1. The fourth-order valence-corrected chi connectivity index (χ4v) is 4.34. The number of fused-ring (bicyclic) bond motifs is 1. The van der Waals surface area contributed by atoms with Gasteiger partial charge in [-0.1, -0.05) is 30.3 Å². The summed E-state index contributed by atoms with van der Waals surface area (Å²) in [6.07, 6.45) is 3.17. The van der Waals surface area contributed by atoms with Gasteiger partial charge in [0.15, 0.2) is 18.1 Å². The molecular weight excluding hydrogens is 601 g/mol. The molecule has 2 N–H and O–H groups in total. The van der Waals surface area contributed by atoms with E-state index in [1.54, 1.807) is 36.5 Å². The van der Waals surface area contributed by atoms with Crippen LogP contribution in [0.2, 0.25) is 0 Å². The fourth-order valence-electron chi connectivity index (χ4n) is 3.56. The van der Waals surface area contributed by atoms with Gasteiger partial charge in [0, 0.05) is 11.6 Å². The molecule has 0 atom stereocenters. The van der Waals surface area contributed by atoms with Crippen LogP contribution in [0.3, 0.4) is 0 Å². The van der Waals surface area contributed by atoms with E-state index in [2.05, 4.69) is 38.1 Å². The first-order valence-corrected chi connectivity index (χ1v) is 12.7. The van der Waals surface area contributed by atoms with Crippen LogP contribution >= 0.6 is 22.6 Å². The van der Waals surface area contributed by atoms with Crippen molar-refractivity contribution in [3.05, 3.63) is 93.2 Å². The quantitative estimate of drug-likeness (QED) is 0.136. The van der Waals surface area contributed by atoms with E-state index in [1.165, 1.54) is 12.3 Å². The largest absolute Gasteiger partial charge is 0.490 e. The van der Waals surface area contributed by atoms with Crippen molar-refractivity contribution in [1.82, 2.24) is 10.4 Å². The highest BCUT2D eigenvalue weighted by atomic mass is 127. The van der Waals surface area contributed by atoms with Gasteiger partial charge >= 0.3 is 5.97 Å². The van der Waals surface area contributed by atoms with Crippen LogP contribution in [0.25, 0.3) is 10.9 Å². The maximum Gasteiger partial charge on any atom is 0.335 e. The number of amides is 1. The highest BCUT2D eigenvalue weighted by Crippen LogP contribution is 2.34. The van der Waals surface area contributed by atoms with Crippen LogP contribution in [0.4, 0.5) is 0 Å². The van der Waals surface area contributed by atoms with Gasteiger partial charge in [0.05, 0.1) is 22.0 Å². The number of pyridine rings is 1. The summed E-state index contributed by atoms with van der Waals surface area (Å²) < 4.78 is 18.1. The number of carbonyl (C=O) groups is 2. The first-order chi connectivity index (χ1) is 18.4. The zero-order chi connectivity index (χ0) is 26.9. The molecule has 4 rings (SSSR count). The summed E-state index contributed by atoms with van der Waals surface area (Å²) in [4.78, 5) is 27.8. The van der Waals surface area contributed by atoms with E-state index in [1.807, 2.05) is 37.3 Å². The van der Waals surface area contributed by atoms with Crippen molar-refractivity contribution in [2.45, 2.75) is 13.5 Å². The minimum Gasteiger partial charge on any atom is -0.490 e. The minimum absolute atomic E-state index is 0.174. The van der Waals surface area contributed by atoms with Gasteiger partial charge in [0.1, 0.15) is 17.9 Å². The molecule has 194 valence electrons. The second-order valence-corrected chi connectivity index (χ2v) is 9.13. The molecule has 38 heavy (non-hydrogen) atoms. The number of carboxylic acids is 1. The van der Waals surface area contributed by atoms with Crippen LogP contribution in [0.5, 0.6) is 17.2 Å². The van der Waals surface area contributed by atoms with Gasteiger partial charge in [0.2, 0.25) is 0 Å². The second kappa shape index (κ2) is 12.9. The van der Waals surface area contributed by atoms with Gasteiger partial charge < -0.3 is 19.3 Å². The lowest BCUT2D eigenvalue weighted by atomic mass is 10.1. The molecule has 0 unspecified atom stereocenters. The zero-order valence-corrected chi connectivity index (χ0v) is 22.5. The van der Waals surface area contributed by atoms with Crippen LogP contribution in [-0.2, 0) is 11.4 Å². The summed E-state index contributed by atoms with van der Waals surface area (Å²) in [6, 6.07) is 19.4. The average molecular weight is 625 g/mol. The normalized spacial score (nSPS) is 10.9. The van der Waals surface area contributed by atoms with Crippen molar-refractivity contribution >= 4 is 51.6 Å². The molecule has 0 aliphatic rings. The van der Waals surface area contributed by atoms with Crippen LogP contribution in [0, 0.1) is 3.57 Å². The number of halogens is 1. The maximum atomic E-state index is 12.3. The third-order valence-electron chi connectivity index (χ3n) is 5.25. The van der Waals surface area contributed by atoms with E-state index in [9.17, 15) is 14.7 Å². The summed E-state index contributed by atoms with van der Waals surface area (Å²) in [6.45, 7) is 2.23. The Labute approximate surface area is 232 Å². The smallest absolute Gasteiger partial charge is 0.335 e. The first kappa shape index (κ1) is 26.9. The Morgan fingerprint density at radius 1 is 1.03 bits per heavy atom. The van der Waals surface area contributed by atoms with E-state index >= 15 is 0 Å². The third-order valence-corrected chi connectivity index (χ3v) is 6.05. The van der Waals surface area contributed by atoms with Gasteiger partial charge in [-0.05, 0) is 77.0 Å². The number of aromatic nitrogens is 1. The summed E-state index contributed by atoms with van der Waals surface area (Å²) in [5.74, 6) is 0.144. The van der Waals surface area contributed by atoms with Crippen LogP contribution in [0.1, 0.15) is 28.4 Å². The van der Waals surface area contributed by atoms with E-state index in [-0.39, 0.29) is 18.8 Å². The Kier molecular flexibility index (Phi) is 9.09. The van der Waals surface area contributed by atoms with Crippen molar-refractivity contribution in [2.75, 3.05) is 13.2 Å². The van der Waals surface area contributed by atoms with Gasteiger partial charge in [-0.2, -0.15) is 5.10 Å². The molecule has 0 saturated heterocycles. The van der Waals surface area contributed by atoms with Crippen molar-refractivity contribution in [1.29, 1.82) is 0 Å². The molecule has 0 spiro atoms. The number of hydrogen-bond donors (Lipinski definition) is 2. The number of hydrogen-bond acceptors (Lipinski definition) is 7. The summed E-state index contributed by atoms with van der Waals surface area (Å²) in [7, 11) is 0. The van der Waals surface area contributed by atoms with Crippen LogP contribution < -0.4 is 19.6 Å². The van der Waals surface area contributed by atoms with Gasteiger partial charge in [-0.3, -0.25) is 9.78 Å². The minimum atomic E-state index is -0.996. The molecule has 0 saturated carbocycles.